The number of hydrogen-bond acceptors (Lipinski definition) is 6. The summed E-state index contributed by atoms with van der Waals surface area (Å²) in [6, 6.07) is 18.3. The first-order valence-electron chi connectivity index (χ1n) is 9.36. The molecule has 1 aromatic heterocycles. The first kappa shape index (κ1) is 18.2. The Morgan fingerprint density at radius 1 is 1.22 bits per heavy atom. The van der Waals surface area contributed by atoms with Gasteiger partial charge in [0.05, 0.1) is 10.2 Å². The molecule has 5 nitrogen and oxygen atoms in total. The van der Waals surface area contributed by atoms with E-state index in [-0.39, 0.29) is 0 Å². The van der Waals surface area contributed by atoms with Gasteiger partial charge in [-0.15, -0.1) is 0 Å². The molecule has 0 aliphatic carbocycles. The highest BCUT2D eigenvalue weighted by Gasteiger charge is 2.28. The number of thiazole rings is 1. The van der Waals surface area contributed by atoms with Crippen LogP contribution in [0, 0.1) is 0 Å². The SMILES string of the molecule is CN(c1nc2ccccc2s1)C1CCN(CC(O)COc2ccccc2)C1. The molecule has 1 N–H and O–H groups in total. The van der Waals surface area contributed by atoms with Crippen molar-refractivity contribution in [2.75, 3.05) is 38.2 Å². The molecular formula is C21H25N3O2S. The smallest absolute Gasteiger partial charge is 0.186 e. The van der Waals surface area contributed by atoms with Crippen LogP contribution in [0.4, 0.5) is 5.13 Å². The summed E-state index contributed by atoms with van der Waals surface area (Å²) in [6.07, 6.45) is 0.593. The molecule has 1 saturated heterocycles. The van der Waals surface area contributed by atoms with Gasteiger partial charge in [-0.3, -0.25) is 4.90 Å². The summed E-state index contributed by atoms with van der Waals surface area (Å²) in [5.74, 6) is 0.798. The minimum Gasteiger partial charge on any atom is -0.491 e. The fraction of sp³-hybridized carbons (Fsp3) is 0.381. The van der Waals surface area contributed by atoms with Gasteiger partial charge >= 0.3 is 0 Å². The van der Waals surface area contributed by atoms with E-state index in [4.69, 9.17) is 9.72 Å². The quantitative estimate of drug-likeness (QED) is 0.679. The summed E-state index contributed by atoms with van der Waals surface area (Å²) >= 11 is 1.74. The van der Waals surface area contributed by atoms with Crippen LogP contribution in [0.15, 0.2) is 54.6 Å². The molecule has 0 spiro atoms. The third kappa shape index (κ3) is 4.40. The maximum Gasteiger partial charge on any atom is 0.186 e. The number of β-amino-alcohol motifs (C(OH)–C–C–N with tert-alkyl or cyclic N) is 1. The Labute approximate surface area is 163 Å². The highest BCUT2D eigenvalue weighted by atomic mass is 32.1. The number of rotatable bonds is 7. The van der Waals surface area contributed by atoms with Crippen molar-refractivity contribution >= 4 is 26.7 Å². The van der Waals surface area contributed by atoms with E-state index < -0.39 is 6.10 Å². The minimum absolute atomic E-state index is 0.318. The Hall–Kier alpha value is -2.15. The first-order chi connectivity index (χ1) is 13.2. The van der Waals surface area contributed by atoms with E-state index in [2.05, 4.69) is 35.0 Å². The van der Waals surface area contributed by atoms with Crippen LogP contribution in [-0.4, -0.2) is 60.4 Å². The van der Waals surface area contributed by atoms with Crippen LogP contribution in [0.25, 0.3) is 10.2 Å². The summed E-state index contributed by atoms with van der Waals surface area (Å²) in [6.45, 7) is 2.88. The van der Waals surface area contributed by atoms with E-state index in [1.165, 1.54) is 4.70 Å². The predicted molar refractivity (Wildman–Crippen MR) is 111 cm³/mol. The molecule has 0 saturated carbocycles. The molecule has 0 radical (unpaired) electrons. The Kier molecular flexibility index (Phi) is 5.57. The van der Waals surface area contributed by atoms with Crippen molar-refractivity contribution in [3.63, 3.8) is 0 Å². The van der Waals surface area contributed by atoms with E-state index in [9.17, 15) is 5.11 Å². The third-order valence-electron chi connectivity index (χ3n) is 5.03. The standard InChI is InChI=1S/C21H25N3O2S/c1-23(21-22-19-9-5-6-10-20(19)27-21)16-11-12-24(13-16)14-17(25)15-26-18-7-3-2-4-8-18/h2-10,16-17,25H,11-15H2,1H3. The number of likely N-dealkylation sites (tertiary alicyclic amines) is 1. The average molecular weight is 384 g/mol. The number of nitrogens with zero attached hydrogens (tertiary/aromatic N) is 3. The number of para-hydroxylation sites is 2. The van der Waals surface area contributed by atoms with Gasteiger partial charge in [0.2, 0.25) is 0 Å². The van der Waals surface area contributed by atoms with Crippen molar-refractivity contribution in [1.82, 2.24) is 9.88 Å². The lowest BCUT2D eigenvalue weighted by Crippen LogP contribution is -2.38. The van der Waals surface area contributed by atoms with Gasteiger partial charge in [0.1, 0.15) is 18.5 Å². The van der Waals surface area contributed by atoms with E-state index in [0.717, 1.165) is 35.9 Å². The van der Waals surface area contributed by atoms with Crippen molar-refractivity contribution in [2.24, 2.45) is 0 Å². The number of aliphatic hydroxyl groups excluding tert-OH is 1. The van der Waals surface area contributed by atoms with E-state index >= 15 is 0 Å². The molecule has 142 valence electrons. The second-order valence-corrected chi connectivity index (χ2v) is 8.06. The number of ether oxygens (including phenoxy) is 1. The summed E-state index contributed by atoms with van der Waals surface area (Å²) in [5.41, 5.74) is 1.06. The van der Waals surface area contributed by atoms with Gasteiger partial charge in [0.15, 0.2) is 5.13 Å². The molecule has 2 heterocycles. The van der Waals surface area contributed by atoms with Gasteiger partial charge in [-0.25, -0.2) is 4.98 Å². The monoisotopic (exact) mass is 383 g/mol. The highest BCUT2D eigenvalue weighted by Crippen LogP contribution is 2.30. The van der Waals surface area contributed by atoms with Crippen molar-refractivity contribution in [3.8, 4) is 5.75 Å². The van der Waals surface area contributed by atoms with Gasteiger partial charge in [-0.1, -0.05) is 41.7 Å². The predicted octanol–water partition coefficient (Wildman–Crippen LogP) is 3.25. The molecule has 27 heavy (non-hydrogen) atoms. The fourth-order valence-electron chi connectivity index (χ4n) is 3.52. The zero-order valence-electron chi connectivity index (χ0n) is 15.5. The summed E-state index contributed by atoms with van der Waals surface area (Å²) in [5, 5.41) is 11.4. The minimum atomic E-state index is -0.489. The Balaban J connectivity index is 1.29. The lowest BCUT2D eigenvalue weighted by Gasteiger charge is -2.25. The van der Waals surface area contributed by atoms with Gasteiger partial charge in [-0.05, 0) is 30.7 Å². The van der Waals surface area contributed by atoms with E-state index in [1.54, 1.807) is 11.3 Å². The molecule has 3 aromatic rings. The van der Waals surface area contributed by atoms with Gasteiger partial charge in [0.25, 0.3) is 0 Å². The van der Waals surface area contributed by atoms with Crippen LogP contribution in [0.3, 0.4) is 0 Å². The molecule has 2 unspecified atom stereocenters. The van der Waals surface area contributed by atoms with E-state index in [0.29, 0.717) is 19.2 Å². The maximum atomic E-state index is 10.3. The summed E-state index contributed by atoms with van der Waals surface area (Å²) < 4.78 is 6.88. The molecule has 2 atom stereocenters. The molecule has 0 bridgehead atoms. The van der Waals surface area contributed by atoms with Crippen molar-refractivity contribution < 1.29 is 9.84 Å². The lowest BCUT2D eigenvalue weighted by atomic mass is 10.2. The number of anilines is 1. The molecule has 1 aliphatic rings. The number of fused-ring (bicyclic) bond motifs is 1. The van der Waals surface area contributed by atoms with Crippen LogP contribution in [-0.2, 0) is 0 Å². The summed E-state index contributed by atoms with van der Waals surface area (Å²) in [4.78, 5) is 9.36. The maximum absolute atomic E-state index is 10.3. The number of aliphatic hydroxyl groups is 1. The first-order valence-corrected chi connectivity index (χ1v) is 10.2. The highest BCUT2D eigenvalue weighted by molar-refractivity contribution is 7.22. The van der Waals surface area contributed by atoms with Crippen LogP contribution < -0.4 is 9.64 Å². The molecule has 4 rings (SSSR count). The molecule has 0 amide bonds. The number of likely N-dealkylation sites (N-methyl/N-ethyl adjacent to an activating group) is 1. The molecule has 6 heteroatoms. The van der Waals surface area contributed by atoms with Gasteiger partial charge in [-0.2, -0.15) is 0 Å². The Morgan fingerprint density at radius 3 is 2.81 bits per heavy atom. The van der Waals surface area contributed by atoms with Crippen LogP contribution in [0.5, 0.6) is 5.75 Å². The third-order valence-corrected chi connectivity index (χ3v) is 6.16. The fourth-order valence-corrected chi connectivity index (χ4v) is 4.52. The number of benzene rings is 2. The molecule has 1 fully saturated rings. The molecule has 2 aromatic carbocycles. The van der Waals surface area contributed by atoms with Crippen molar-refractivity contribution in [1.29, 1.82) is 0 Å². The topological polar surface area (TPSA) is 48.8 Å². The zero-order chi connectivity index (χ0) is 18.6. The van der Waals surface area contributed by atoms with Crippen LogP contribution in [0.1, 0.15) is 6.42 Å². The normalized spacial score (nSPS) is 18.7. The molecular weight excluding hydrogens is 358 g/mol. The number of hydrogen-bond donors (Lipinski definition) is 1. The van der Waals surface area contributed by atoms with Crippen molar-refractivity contribution in [3.05, 3.63) is 54.6 Å². The Morgan fingerprint density at radius 2 is 2.00 bits per heavy atom. The van der Waals surface area contributed by atoms with Crippen LogP contribution in [0.2, 0.25) is 0 Å². The lowest BCUT2D eigenvalue weighted by molar-refractivity contribution is 0.0754. The zero-order valence-corrected chi connectivity index (χ0v) is 16.3. The van der Waals surface area contributed by atoms with Crippen molar-refractivity contribution in [2.45, 2.75) is 18.6 Å². The second-order valence-electron chi connectivity index (χ2n) is 7.06. The second kappa shape index (κ2) is 8.25. The summed E-state index contributed by atoms with van der Waals surface area (Å²) in [7, 11) is 2.13. The molecule has 1 aliphatic heterocycles. The van der Waals surface area contributed by atoms with Gasteiger partial charge < -0.3 is 14.7 Å². The van der Waals surface area contributed by atoms with Crippen LogP contribution >= 0.6 is 11.3 Å². The Bertz CT molecular complexity index is 837. The van der Waals surface area contributed by atoms with Gasteiger partial charge in [0, 0.05) is 32.7 Å². The average Bonchev–Trinajstić information content (AvgIpc) is 3.33. The largest absolute Gasteiger partial charge is 0.491 e. The number of aromatic nitrogens is 1. The van der Waals surface area contributed by atoms with E-state index in [1.807, 2.05) is 36.4 Å².